The summed E-state index contributed by atoms with van der Waals surface area (Å²) in [6, 6.07) is 15.5. The van der Waals surface area contributed by atoms with E-state index < -0.39 is 6.10 Å². The van der Waals surface area contributed by atoms with E-state index >= 15 is 0 Å². The lowest BCUT2D eigenvalue weighted by Crippen LogP contribution is -2.46. The molecule has 28 heavy (non-hydrogen) atoms. The molecule has 2 amide bonds. The summed E-state index contributed by atoms with van der Waals surface area (Å²) in [6.07, 6.45) is -0.308. The standard InChI is InChI=1S/C22H25BrN2O3/c1-15-21(27)25(18-6-4-5-7-19(18)28-15)13-12-20(26)24-14-22(2,3)16-8-10-17(23)11-9-16/h4-11,15H,12-14H2,1-3H3,(H,24,26). The number of anilines is 1. The van der Waals surface area contributed by atoms with Crippen molar-refractivity contribution in [3.05, 3.63) is 58.6 Å². The summed E-state index contributed by atoms with van der Waals surface area (Å²) >= 11 is 3.44. The number of halogens is 1. The van der Waals surface area contributed by atoms with Crippen LogP contribution in [-0.4, -0.2) is 31.0 Å². The molecule has 1 aliphatic heterocycles. The zero-order valence-corrected chi connectivity index (χ0v) is 18.0. The summed E-state index contributed by atoms with van der Waals surface area (Å²) in [5.41, 5.74) is 1.68. The maximum atomic E-state index is 12.5. The average Bonchev–Trinajstić information content (AvgIpc) is 2.67. The summed E-state index contributed by atoms with van der Waals surface area (Å²) in [7, 11) is 0. The van der Waals surface area contributed by atoms with Crippen LogP contribution in [0.25, 0.3) is 0 Å². The normalized spacial score (nSPS) is 16.4. The van der Waals surface area contributed by atoms with Gasteiger partial charge in [-0.1, -0.05) is 54.0 Å². The van der Waals surface area contributed by atoms with Gasteiger partial charge in [-0.3, -0.25) is 9.59 Å². The number of carbonyl (C=O) groups is 2. The summed E-state index contributed by atoms with van der Waals surface area (Å²) in [6.45, 7) is 6.78. The fourth-order valence-corrected chi connectivity index (χ4v) is 3.48. The van der Waals surface area contributed by atoms with Gasteiger partial charge < -0.3 is 15.0 Å². The molecule has 0 aliphatic carbocycles. The van der Waals surface area contributed by atoms with E-state index in [1.54, 1.807) is 11.8 Å². The number of para-hydroxylation sites is 2. The molecule has 6 heteroatoms. The van der Waals surface area contributed by atoms with E-state index in [0.717, 1.165) is 10.0 Å². The largest absolute Gasteiger partial charge is 0.479 e. The van der Waals surface area contributed by atoms with Gasteiger partial charge in [-0.25, -0.2) is 0 Å². The number of ether oxygens (including phenoxy) is 1. The van der Waals surface area contributed by atoms with Gasteiger partial charge in [-0.05, 0) is 36.8 Å². The van der Waals surface area contributed by atoms with Gasteiger partial charge in [-0.2, -0.15) is 0 Å². The Morgan fingerprint density at radius 3 is 2.57 bits per heavy atom. The molecule has 2 aromatic carbocycles. The maximum absolute atomic E-state index is 12.5. The molecule has 1 aliphatic rings. The zero-order valence-electron chi connectivity index (χ0n) is 16.4. The number of benzene rings is 2. The zero-order chi connectivity index (χ0) is 20.3. The fraction of sp³-hybridized carbons (Fsp3) is 0.364. The van der Waals surface area contributed by atoms with Crippen molar-refractivity contribution in [2.24, 2.45) is 0 Å². The summed E-state index contributed by atoms with van der Waals surface area (Å²) in [5, 5.41) is 3.01. The molecule has 148 valence electrons. The van der Waals surface area contributed by atoms with Gasteiger partial charge in [0.15, 0.2) is 6.10 Å². The SMILES string of the molecule is CC1Oc2ccccc2N(CCC(=O)NCC(C)(C)c2ccc(Br)cc2)C1=O. The minimum Gasteiger partial charge on any atom is -0.479 e. The summed E-state index contributed by atoms with van der Waals surface area (Å²) in [4.78, 5) is 26.6. The lowest BCUT2D eigenvalue weighted by atomic mass is 9.84. The molecule has 0 aromatic heterocycles. The molecular formula is C22H25BrN2O3. The molecule has 3 rings (SSSR count). The first-order chi connectivity index (χ1) is 13.3. The van der Waals surface area contributed by atoms with E-state index in [4.69, 9.17) is 4.74 Å². The van der Waals surface area contributed by atoms with Gasteiger partial charge in [0.05, 0.1) is 5.69 Å². The molecular weight excluding hydrogens is 420 g/mol. The fourth-order valence-electron chi connectivity index (χ4n) is 3.21. The number of carbonyl (C=O) groups excluding carboxylic acids is 2. The van der Waals surface area contributed by atoms with Crippen molar-refractivity contribution < 1.29 is 14.3 Å². The maximum Gasteiger partial charge on any atom is 0.267 e. The number of amides is 2. The minimum absolute atomic E-state index is 0.0744. The second-order valence-electron chi connectivity index (χ2n) is 7.64. The molecule has 0 saturated heterocycles. The van der Waals surface area contributed by atoms with Crippen molar-refractivity contribution in [3.8, 4) is 5.75 Å². The Kier molecular flexibility index (Phi) is 6.08. The van der Waals surface area contributed by atoms with E-state index in [9.17, 15) is 9.59 Å². The average molecular weight is 445 g/mol. The van der Waals surface area contributed by atoms with Crippen LogP contribution in [-0.2, 0) is 15.0 Å². The lowest BCUT2D eigenvalue weighted by molar-refractivity contribution is -0.125. The first-order valence-corrected chi connectivity index (χ1v) is 10.2. The number of hydrogen-bond donors (Lipinski definition) is 1. The van der Waals surface area contributed by atoms with Crippen molar-refractivity contribution in [2.45, 2.75) is 38.7 Å². The van der Waals surface area contributed by atoms with Crippen LogP contribution in [0.15, 0.2) is 53.0 Å². The van der Waals surface area contributed by atoms with Gasteiger partial charge in [-0.15, -0.1) is 0 Å². The minimum atomic E-state index is -0.547. The molecule has 2 aromatic rings. The predicted octanol–water partition coefficient (Wildman–Crippen LogP) is 4.05. The Balaban J connectivity index is 1.58. The molecule has 0 bridgehead atoms. The number of nitrogens with one attached hydrogen (secondary N) is 1. The van der Waals surface area contributed by atoms with Gasteiger partial charge in [0.2, 0.25) is 5.91 Å². The Bertz CT molecular complexity index is 864. The number of nitrogens with zero attached hydrogens (tertiary/aromatic N) is 1. The van der Waals surface area contributed by atoms with Crippen molar-refractivity contribution in [1.29, 1.82) is 0 Å². The monoisotopic (exact) mass is 444 g/mol. The molecule has 5 nitrogen and oxygen atoms in total. The Labute approximate surface area is 174 Å². The van der Waals surface area contributed by atoms with Gasteiger partial charge >= 0.3 is 0 Å². The van der Waals surface area contributed by atoms with E-state index in [1.165, 1.54) is 0 Å². The van der Waals surface area contributed by atoms with E-state index in [0.29, 0.717) is 24.5 Å². The van der Waals surface area contributed by atoms with Crippen LogP contribution in [0.2, 0.25) is 0 Å². The van der Waals surface area contributed by atoms with Crippen LogP contribution in [0.5, 0.6) is 5.75 Å². The Morgan fingerprint density at radius 2 is 1.86 bits per heavy atom. The van der Waals surface area contributed by atoms with Crippen LogP contribution in [0.3, 0.4) is 0 Å². The van der Waals surface area contributed by atoms with Crippen LogP contribution in [0.1, 0.15) is 32.8 Å². The molecule has 1 unspecified atom stereocenters. The number of rotatable bonds is 6. The van der Waals surface area contributed by atoms with Crippen LogP contribution in [0, 0.1) is 0 Å². The summed E-state index contributed by atoms with van der Waals surface area (Å²) in [5.74, 6) is 0.475. The number of fused-ring (bicyclic) bond motifs is 1. The van der Waals surface area contributed by atoms with Crippen molar-refractivity contribution in [1.82, 2.24) is 5.32 Å². The van der Waals surface area contributed by atoms with Crippen LogP contribution < -0.4 is 15.0 Å². The highest BCUT2D eigenvalue weighted by Gasteiger charge is 2.31. The third-order valence-corrected chi connectivity index (χ3v) is 5.52. The third kappa shape index (κ3) is 4.55. The Morgan fingerprint density at radius 1 is 1.18 bits per heavy atom. The molecule has 0 fully saturated rings. The predicted molar refractivity (Wildman–Crippen MR) is 114 cm³/mol. The lowest BCUT2D eigenvalue weighted by Gasteiger charge is -2.33. The topological polar surface area (TPSA) is 58.6 Å². The molecule has 0 spiro atoms. The van der Waals surface area contributed by atoms with Crippen LogP contribution in [0.4, 0.5) is 5.69 Å². The molecule has 0 radical (unpaired) electrons. The van der Waals surface area contributed by atoms with Crippen molar-refractivity contribution in [3.63, 3.8) is 0 Å². The highest BCUT2D eigenvalue weighted by atomic mass is 79.9. The van der Waals surface area contributed by atoms with Crippen molar-refractivity contribution >= 4 is 33.4 Å². The van der Waals surface area contributed by atoms with Crippen LogP contribution >= 0.6 is 15.9 Å². The smallest absolute Gasteiger partial charge is 0.267 e. The van der Waals surface area contributed by atoms with E-state index in [1.807, 2.05) is 36.4 Å². The molecule has 1 heterocycles. The molecule has 0 saturated carbocycles. The van der Waals surface area contributed by atoms with Gasteiger partial charge in [0.25, 0.3) is 5.91 Å². The second-order valence-corrected chi connectivity index (χ2v) is 8.55. The Hall–Kier alpha value is -2.34. The third-order valence-electron chi connectivity index (χ3n) is 4.99. The van der Waals surface area contributed by atoms with E-state index in [2.05, 4.69) is 47.2 Å². The van der Waals surface area contributed by atoms with E-state index in [-0.39, 0.29) is 23.7 Å². The van der Waals surface area contributed by atoms with Gasteiger partial charge in [0, 0.05) is 29.4 Å². The number of hydrogen-bond acceptors (Lipinski definition) is 3. The van der Waals surface area contributed by atoms with Gasteiger partial charge in [0.1, 0.15) is 5.75 Å². The highest BCUT2D eigenvalue weighted by Crippen LogP contribution is 2.33. The molecule has 1 N–H and O–H groups in total. The highest BCUT2D eigenvalue weighted by molar-refractivity contribution is 9.10. The first-order valence-electron chi connectivity index (χ1n) is 9.38. The first kappa shape index (κ1) is 20.4. The van der Waals surface area contributed by atoms with Crippen molar-refractivity contribution in [2.75, 3.05) is 18.0 Å². The quantitative estimate of drug-likeness (QED) is 0.730. The molecule has 1 atom stereocenters. The second kappa shape index (κ2) is 8.35. The summed E-state index contributed by atoms with van der Waals surface area (Å²) < 4.78 is 6.66.